The van der Waals surface area contributed by atoms with Crippen molar-refractivity contribution < 1.29 is 28.6 Å². The van der Waals surface area contributed by atoms with Gasteiger partial charge in [0.2, 0.25) is 0 Å². The number of carbonyl (C=O) groups excluding carboxylic acids is 3. The molecule has 6 nitrogen and oxygen atoms in total. The Morgan fingerprint density at radius 2 is 0.550 bits per heavy atom. The summed E-state index contributed by atoms with van der Waals surface area (Å²) in [6.07, 6.45) is 54.8. The Bertz CT molecular complexity index is 931. The molecule has 0 aliphatic rings. The van der Waals surface area contributed by atoms with Gasteiger partial charge in [0.25, 0.3) is 0 Å². The molecule has 0 bridgehead atoms. The molecule has 0 saturated carbocycles. The third kappa shape index (κ3) is 47.2. The van der Waals surface area contributed by atoms with Crippen molar-refractivity contribution in [2.45, 2.75) is 303 Å². The topological polar surface area (TPSA) is 78.9 Å². The molecule has 0 heterocycles. The van der Waals surface area contributed by atoms with E-state index in [4.69, 9.17) is 14.2 Å². The first-order chi connectivity index (χ1) is 29.5. The standard InChI is InChI=1S/C54H102O6/c1-4-7-10-13-16-19-22-24-25-26-27-28-30-32-35-38-41-44-47-53(56)59-50-51(49-58-52(55)46-43-40-37-34-31-21-18-15-12-9-6-3)60-54(57)48-45-42-39-36-33-29-23-20-17-14-11-8-5-2/h29,33,51H,4-28,30-32,34-50H2,1-3H3/b33-29-. The SMILES string of the molecule is CCCCCCCC/C=C\CCCCCC(=O)OC(COC(=O)CCCCCCCCCCCCC)COC(=O)CCCCCCCCCCCCCCCCCCCC. The minimum absolute atomic E-state index is 0.0707. The first-order valence-corrected chi connectivity index (χ1v) is 26.7. The number of hydrogen-bond acceptors (Lipinski definition) is 6. The van der Waals surface area contributed by atoms with Crippen LogP contribution in [0.3, 0.4) is 0 Å². The number of esters is 3. The molecule has 0 aromatic rings. The monoisotopic (exact) mass is 847 g/mol. The zero-order chi connectivity index (χ0) is 43.7. The Balaban J connectivity index is 4.28. The van der Waals surface area contributed by atoms with Crippen molar-refractivity contribution in [3.8, 4) is 0 Å². The maximum atomic E-state index is 12.8. The third-order valence-electron chi connectivity index (χ3n) is 12.0. The number of ether oxygens (including phenoxy) is 3. The lowest BCUT2D eigenvalue weighted by Crippen LogP contribution is -2.30. The van der Waals surface area contributed by atoms with Crippen LogP contribution in [0, 0.1) is 0 Å². The van der Waals surface area contributed by atoms with Crippen LogP contribution in [0.15, 0.2) is 12.2 Å². The molecule has 0 N–H and O–H groups in total. The van der Waals surface area contributed by atoms with Gasteiger partial charge in [0.1, 0.15) is 13.2 Å². The highest BCUT2D eigenvalue weighted by atomic mass is 16.6. The Labute approximate surface area is 373 Å². The van der Waals surface area contributed by atoms with Gasteiger partial charge in [-0.05, 0) is 44.9 Å². The Morgan fingerprint density at radius 1 is 0.317 bits per heavy atom. The number of carbonyl (C=O) groups is 3. The third-order valence-corrected chi connectivity index (χ3v) is 12.0. The summed E-state index contributed by atoms with van der Waals surface area (Å²) in [5, 5.41) is 0. The minimum atomic E-state index is -0.770. The van der Waals surface area contributed by atoms with Gasteiger partial charge in [-0.25, -0.2) is 0 Å². The number of rotatable bonds is 49. The lowest BCUT2D eigenvalue weighted by Gasteiger charge is -2.18. The van der Waals surface area contributed by atoms with Crippen LogP contribution >= 0.6 is 0 Å². The maximum absolute atomic E-state index is 12.8. The zero-order valence-corrected chi connectivity index (χ0v) is 40.5. The van der Waals surface area contributed by atoms with Crippen molar-refractivity contribution >= 4 is 17.9 Å². The average Bonchev–Trinajstić information content (AvgIpc) is 3.24. The molecule has 0 radical (unpaired) electrons. The molecular formula is C54H102O6. The Hall–Kier alpha value is -1.85. The van der Waals surface area contributed by atoms with Gasteiger partial charge in [-0.15, -0.1) is 0 Å². The van der Waals surface area contributed by atoms with Crippen molar-refractivity contribution in [2.24, 2.45) is 0 Å². The van der Waals surface area contributed by atoms with E-state index in [1.54, 1.807) is 0 Å². The summed E-state index contributed by atoms with van der Waals surface area (Å²) in [5.74, 6) is -0.870. The molecule has 0 spiro atoms. The molecule has 60 heavy (non-hydrogen) atoms. The molecular weight excluding hydrogens is 745 g/mol. The van der Waals surface area contributed by atoms with Crippen LogP contribution in [0.1, 0.15) is 297 Å². The van der Waals surface area contributed by atoms with Crippen molar-refractivity contribution in [1.29, 1.82) is 0 Å². The van der Waals surface area contributed by atoms with Crippen LogP contribution in [0.4, 0.5) is 0 Å². The molecule has 0 fully saturated rings. The molecule has 354 valence electrons. The lowest BCUT2D eigenvalue weighted by molar-refractivity contribution is -0.167. The van der Waals surface area contributed by atoms with E-state index in [1.807, 2.05) is 0 Å². The molecule has 0 aromatic heterocycles. The normalized spacial score (nSPS) is 12.0. The summed E-state index contributed by atoms with van der Waals surface area (Å²) < 4.78 is 16.8. The van der Waals surface area contributed by atoms with Gasteiger partial charge < -0.3 is 14.2 Å². The van der Waals surface area contributed by atoms with Crippen LogP contribution in [0.5, 0.6) is 0 Å². The first kappa shape index (κ1) is 58.1. The lowest BCUT2D eigenvalue weighted by atomic mass is 10.0. The molecule has 0 rings (SSSR count). The highest BCUT2D eigenvalue weighted by molar-refractivity contribution is 5.71. The number of unbranched alkanes of at least 4 members (excludes halogenated alkanes) is 36. The second-order valence-electron chi connectivity index (χ2n) is 18.2. The summed E-state index contributed by atoms with van der Waals surface area (Å²) in [5.41, 5.74) is 0. The largest absolute Gasteiger partial charge is 0.462 e. The molecule has 0 aliphatic heterocycles. The molecule has 0 amide bonds. The van der Waals surface area contributed by atoms with Crippen LogP contribution in [0.2, 0.25) is 0 Å². The second-order valence-corrected chi connectivity index (χ2v) is 18.2. The van der Waals surface area contributed by atoms with Crippen molar-refractivity contribution in [3.05, 3.63) is 12.2 Å². The van der Waals surface area contributed by atoms with Gasteiger partial charge in [-0.3, -0.25) is 14.4 Å². The fraction of sp³-hybridized carbons (Fsp3) is 0.907. The van der Waals surface area contributed by atoms with E-state index >= 15 is 0 Å². The van der Waals surface area contributed by atoms with E-state index in [9.17, 15) is 14.4 Å². The van der Waals surface area contributed by atoms with E-state index in [1.165, 1.54) is 186 Å². The van der Waals surface area contributed by atoms with E-state index in [-0.39, 0.29) is 31.1 Å². The molecule has 1 atom stereocenters. The Morgan fingerprint density at radius 3 is 0.850 bits per heavy atom. The highest BCUT2D eigenvalue weighted by Gasteiger charge is 2.19. The van der Waals surface area contributed by atoms with Crippen LogP contribution < -0.4 is 0 Å². The molecule has 6 heteroatoms. The molecule has 0 aromatic carbocycles. The molecule has 1 unspecified atom stereocenters. The highest BCUT2D eigenvalue weighted by Crippen LogP contribution is 2.16. The number of allylic oxidation sites excluding steroid dienone is 2. The predicted molar refractivity (Wildman–Crippen MR) is 256 cm³/mol. The van der Waals surface area contributed by atoms with E-state index in [0.717, 1.165) is 70.6 Å². The Kier molecular flexibility index (Phi) is 48.3. The summed E-state index contributed by atoms with van der Waals surface area (Å²) in [6.45, 7) is 6.65. The maximum Gasteiger partial charge on any atom is 0.306 e. The predicted octanol–water partition coefficient (Wildman–Crippen LogP) is 17.4. The van der Waals surface area contributed by atoms with Gasteiger partial charge in [0.05, 0.1) is 0 Å². The van der Waals surface area contributed by atoms with Gasteiger partial charge in [0, 0.05) is 19.3 Å². The van der Waals surface area contributed by atoms with Crippen LogP contribution in [-0.4, -0.2) is 37.2 Å². The van der Waals surface area contributed by atoms with Gasteiger partial charge in [-0.2, -0.15) is 0 Å². The van der Waals surface area contributed by atoms with Crippen molar-refractivity contribution in [2.75, 3.05) is 13.2 Å². The fourth-order valence-corrected chi connectivity index (χ4v) is 7.97. The van der Waals surface area contributed by atoms with E-state index in [0.29, 0.717) is 19.3 Å². The van der Waals surface area contributed by atoms with Crippen LogP contribution in [-0.2, 0) is 28.6 Å². The second kappa shape index (κ2) is 49.8. The molecule has 0 aliphatic carbocycles. The van der Waals surface area contributed by atoms with Crippen molar-refractivity contribution in [1.82, 2.24) is 0 Å². The van der Waals surface area contributed by atoms with Crippen molar-refractivity contribution in [3.63, 3.8) is 0 Å². The summed E-state index contributed by atoms with van der Waals surface area (Å²) >= 11 is 0. The van der Waals surface area contributed by atoms with Gasteiger partial charge in [-0.1, -0.05) is 245 Å². The van der Waals surface area contributed by atoms with Crippen LogP contribution in [0.25, 0.3) is 0 Å². The minimum Gasteiger partial charge on any atom is -0.462 e. The summed E-state index contributed by atoms with van der Waals surface area (Å²) in [6, 6.07) is 0. The smallest absolute Gasteiger partial charge is 0.306 e. The van der Waals surface area contributed by atoms with Gasteiger partial charge >= 0.3 is 17.9 Å². The van der Waals surface area contributed by atoms with Gasteiger partial charge in [0.15, 0.2) is 6.10 Å². The quantitative estimate of drug-likeness (QED) is 0.0263. The van der Waals surface area contributed by atoms with E-state index < -0.39 is 6.10 Å². The first-order valence-electron chi connectivity index (χ1n) is 26.7. The average molecular weight is 847 g/mol. The summed E-state index contributed by atoms with van der Waals surface area (Å²) in [7, 11) is 0. The summed E-state index contributed by atoms with van der Waals surface area (Å²) in [4.78, 5) is 37.9. The van der Waals surface area contributed by atoms with E-state index in [2.05, 4.69) is 32.9 Å². The zero-order valence-electron chi connectivity index (χ0n) is 40.5. The fourth-order valence-electron chi connectivity index (χ4n) is 7.97. The molecule has 0 saturated heterocycles. The number of hydrogen-bond donors (Lipinski definition) is 0.